The van der Waals surface area contributed by atoms with E-state index in [9.17, 15) is 9.59 Å². The highest BCUT2D eigenvalue weighted by molar-refractivity contribution is 5.85. The minimum absolute atomic E-state index is 0.0245. The topological polar surface area (TPSA) is 49.9 Å². The third-order valence-corrected chi connectivity index (χ3v) is 5.57. The lowest BCUT2D eigenvalue weighted by atomic mass is 9.96. The number of amides is 2. The van der Waals surface area contributed by atoms with Gasteiger partial charge in [-0.3, -0.25) is 9.69 Å². The van der Waals surface area contributed by atoms with Crippen LogP contribution >= 0.6 is 0 Å². The molecular weight excluding hydrogens is 340 g/mol. The zero-order chi connectivity index (χ0) is 20.0. The number of hydrogen-bond acceptors (Lipinski definition) is 3. The number of carbonyl (C=O) groups is 2. The number of rotatable bonds is 2. The van der Waals surface area contributed by atoms with Gasteiger partial charge in [0.15, 0.2) is 0 Å². The van der Waals surface area contributed by atoms with Crippen molar-refractivity contribution in [3.05, 3.63) is 35.4 Å². The molecule has 0 aromatic heterocycles. The Labute approximate surface area is 162 Å². The quantitative estimate of drug-likeness (QED) is 0.777. The van der Waals surface area contributed by atoms with Crippen LogP contribution in [0.3, 0.4) is 0 Å². The molecule has 1 aliphatic carbocycles. The van der Waals surface area contributed by atoms with E-state index in [-0.39, 0.29) is 29.5 Å². The van der Waals surface area contributed by atoms with Crippen LogP contribution in [-0.2, 0) is 9.53 Å². The number of nitrogens with zero attached hydrogens (tertiary/aromatic N) is 2. The average molecular weight is 373 g/mol. The molecule has 27 heavy (non-hydrogen) atoms. The van der Waals surface area contributed by atoms with Crippen molar-refractivity contribution in [2.45, 2.75) is 72.1 Å². The molecule has 1 saturated carbocycles. The average Bonchev–Trinajstić information content (AvgIpc) is 3.31. The smallest absolute Gasteiger partial charge is 0.410 e. The zero-order valence-electron chi connectivity index (χ0n) is 17.4. The molecule has 2 amide bonds. The summed E-state index contributed by atoms with van der Waals surface area (Å²) in [6.45, 7) is 12.7. The molecule has 1 saturated heterocycles. The molecule has 1 heterocycles. The van der Waals surface area contributed by atoms with Crippen LogP contribution in [0, 0.1) is 12.3 Å². The molecule has 1 aromatic rings. The summed E-state index contributed by atoms with van der Waals surface area (Å²) in [4.78, 5) is 29.7. The second kappa shape index (κ2) is 6.84. The number of carbonyl (C=O) groups excluding carboxylic acids is 2. The van der Waals surface area contributed by atoms with Crippen LogP contribution in [0.2, 0.25) is 0 Å². The first-order valence-electron chi connectivity index (χ1n) is 9.87. The van der Waals surface area contributed by atoms with Crippen molar-refractivity contribution in [2.75, 3.05) is 13.1 Å². The van der Waals surface area contributed by atoms with Crippen LogP contribution in [0.15, 0.2) is 24.3 Å². The van der Waals surface area contributed by atoms with Crippen molar-refractivity contribution in [3.8, 4) is 0 Å². The molecule has 1 aliphatic heterocycles. The Morgan fingerprint density at radius 3 is 2.37 bits per heavy atom. The molecule has 2 aliphatic rings. The second-order valence-corrected chi connectivity index (χ2v) is 9.43. The third-order valence-electron chi connectivity index (χ3n) is 5.57. The van der Waals surface area contributed by atoms with E-state index in [0.29, 0.717) is 13.1 Å². The summed E-state index contributed by atoms with van der Waals surface area (Å²) >= 11 is 0. The predicted octanol–water partition coefficient (Wildman–Crippen LogP) is 4.30. The Morgan fingerprint density at radius 1 is 1.15 bits per heavy atom. The van der Waals surface area contributed by atoms with Crippen molar-refractivity contribution < 1.29 is 14.3 Å². The lowest BCUT2D eigenvalue weighted by Crippen LogP contribution is -2.58. The maximum Gasteiger partial charge on any atom is 0.410 e. The van der Waals surface area contributed by atoms with Crippen LogP contribution in [0.5, 0.6) is 0 Å². The molecule has 5 heteroatoms. The van der Waals surface area contributed by atoms with Crippen molar-refractivity contribution in [1.29, 1.82) is 0 Å². The van der Waals surface area contributed by atoms with Crippen molar-refractivity contribution in [1.82, 2.24) is 9.80 Å². The Morgan fingerprint density at radius 2 is 1.81 bits per heavy atom. The lowest BCUT2D eigenvalue weighted by Gasteiger charge is -2.46. The minimum atomic E-state index is -0.550. The first-order valence-corrected chi connectivity index (χ1v) is 9.87. The second-order valence-electron chi connectivity index (χ2n) is 9.43. The fourth-order valence-electron chi connectivity index (χ4n) is 3.69. The monoisotopic (exact) mass is 372 g/mol. The summed E-state index contributed by atoms with van der Waals surface area (Å²) in [6, 6.07) is 7.96. The highest BCUT2D eigenvalue weighted by Crippen LogP contribution is 2.47. The van der Waals surface area contributed by atoms with Gasteiger partial charge < -0.3 is 9.64 Å². The third kappa shape index (κ3) is 4.28. The largest absolute Gasteiger partial charge is 0.444 e. The molecule has 148 valence electrons. The van der Waals surface area contributed by atoms with E-state index in [2.05, 4.69) is 6.07 Å². The Kier molecular flexibility index (Phi) is 5.00. The maximum absolute atomic E-state index is 13.0. The SMILES string of the molecule is Cc1cccc([C@@H]2CN(C(=O)C3(C)CC3)[C@H](C)CN2C(=O)OC(C)(C)C)c1. The lowest BCUT2D eigenvalue weighted by molar-refractivity contribution is -0.142. The number of hydrogen-bond donors (Lipinski definition) is 0. The molecule has 3 rings (SSSR count). The highest BCUT2D eigenvalue weighted by atomic mass is 16.6. The first-order chi connectivity index (χ1) is 12.5. The van der Waals surface area contributed by atoms with Crippen LogP contribution < -0.4 is 0 Å². The van der Waals surface area contributed by atoms with E-state index >= 15 is 0 Å². The molecule has 0 spiro atoms. The van der Waals surface area contributed by atoms with Gasteiger partial charge in [0, 0.05) is 24.5 Å². The predicted molar refractivity (Wildman–Crippen MR) is 105 cm³/mol. The van der Waals surface area contributed by atoms with Gasteiger partial charge in [0.25, 0.3) is 0 Å². The molecule has 5 nitrogen and oxygen atoms in total. The maximum atomic E-state index is 13.0. The van der Waals surface area contributed by atoms with E-state index in [0.717, 1.165) is 24.0 Å². The van der Waals surface area contributed by atoms with Crippen LogP contribution in [0.1, 0.15) is 64.6 Å². The van der Waals surface area contributed by atoms with Crippen LogP contribution in [0.4, 0.5) is 4.79 Å². The molecule has 2 atom stereocenters. The summed E-state index contributed by atoms with van der Waals surface area (Å²) in [6.07, 6.45) is 1.60. The number of piperazine rings is 1. The van der Waals surface area contributed by atoms with Gasteiger partial charge in [-0.05, 0) is 53.0 Å². The summed E-state index contributed by atoms with van der Waals surface area (Å²) in [7, 11) is 0. The Bertz CT molecular complexity index is 733. The van der Waals surface area contributed by atoms with Crippen molar-refractivity contribution in [2.24, 2.45) is 5.41 Å². The zero-order valence-corrected chi connectivity index (χ0v) is 17.4. The van der Waals surface area contributed by atoms with Crippen LogP contribution in [-0.4, -0.2) is 46.5 Å². The molecule has 0 radical (unpaired) electrons. The minimum Gasteiger partial charge on any atom is -0.444 e. The van der Waals surface area contributed by atoms with E-state index < -0.39 is 5.60 Å². The molecule has 0 bridgehead atoms. The fourth-order valence-corrected chi connectivity index (χ4v) is 3.69. The Balaban J connectivity index is 1.90. The molecular formula is C22H32N2O3. The van der Waals surface area contributed by atoms with E-state index in [1.54, 1.807) is 4.90 Å². The molecule has 1 aromatic carbocycles. The summed E-state index contributed by atoms with van der Waals surface area (Å²) in [5.41, 5.74) is 1.43. The van der Waals surface area contributed by atoms with Crippen LogP contribution in [0.25, 0.3) is 0 Å². The van der Waals surface area contributed by atoms with E-state index in [4.69, 9.17) is 4.74 Å². The summed E-state index contributed by atoms with van der Waals surface area (Å²) in [5.74, 6) is 0.219. The van der Waals surface area contributed by atoms with Gasteiger partial charge in [-0.1, -0.05) is 36.8 Å². The van der Waals surface area contributed by atoms with Gasteiger partial charge in [0.1, 0.15) is 5.60 Å². The fraction of sp³-hybridized carbons (Fsp3) is 0.636. The molecule has 0 unspecified atom stereocenters. The summed E-state index contributed by atoms with van der Waals surface area (Å²) in [5, 5.41) is 0. The number of benzene rings is 1. The number of ether oxygens (including phenoxy) is 1. The van der Waals surface area contributed by atoms with Gasteiger partial charge in [-0.2, -0.15) is 0 Å². The molecule has 2 fully saturated rings. The van der Waals surface area contributed by atoms with Gasteiger partial charge in [0.05, 0.1) is 6.04 Å². The Hall–Kier alpha value is -2.04. The molecule has 0 N–H and O–H groups in total. The van der Waals surface area contributed by atoms with Gasteiger partial charge in [0.2, 0.25) is 5.91 Å². The number of aryl methyl sites for hydroxylation is 1. The summed E-state index contributed by atoms with van der Waals surface area (Å²) < 4.78 is 5.67. The van der Waals surface area contributed by atoms with E-state index in [1.807, 2.05) is 64.6 Å². The van der Waals surface area contributed by atoms with Gasteiger partial charge in [-0.25, -0.2) is 4.79 Å². The van der Waals surface area contributed by atoms with E-state index in [1.165, 1.54) is 0 Å². The highest BCUT2D eigenvalue weighted by Gasteiger charge is 2.50. The van der Waals surface area contributed by atoms with Crippen molar-refractivity contribution >= 4 is 12.0 Å². The normalized spacial score (nSPS) is 24.5. The van der Waals surface area contributed by atoms with Gasteiger partial charge in [-0.15, -0.1) is 0 Å². The standard InChI is InChI=1S/C22H32N2O3/c1-15-8-7-9-17(12-15)18-14-23(19(25)22(6)10-11-22)16(2)13-24(18)20(26)27-21(3,4)5/h7-9,12,16,18H,10-11,13-14H2,1-6H3/t16-,18+/m1/s1. The van der Waals surface area contributed by atoms with Crippen molar-refractivity contribution in [3.63, 3.8) is 0 Å². The van der Waals surface area contributed by atoms with Gasteiger partial charge >= 0.3 is 6.09 Å². The first kappa shape index (κ1) is 19.7.